The molecule has 0 fully saturated rings. The minimum atomic E-state index is -0.725. The first-order chi connectivity index (χ1) is 34.3. The van der Waals surface area contributed by atoms with E-state index in [0.717, 1.165) is 38.5 Å². The standard InChI is InChI=1S/C15H26O2.C14H24O2.2C13H22O2.C12H20O2/c1-9-14(5,6)12(16)17-15(7,8)11-10-13(2,3)4;1-8-13(4,5)12(15)16-14(6,7)10-9-11(2)3;1-7-9-10-13(5,6)15-11(14)12(3,4)8-2;1-7-10-13(6,9-3)15-11(14)12(4,5)8-2;1-7-9-12(5,6)14-10(13)11(3,4)8-2/h9H2,1-8H3;11H,8H2,1-7H3;7-8H2,1-6H3;8-9H2,1-6H3;8H2,1-6H3. The Morgan fingerprint density at radius 2 is 0.597 bits per heavy atom. The molecule has 0 aliphatic carbocycles. The zero-order chi connectivity index (χ0) is 62.5. The molecule has 0 bridgehead atoms. The normalized spacial score (nSPS) is 12.5. The largest absolute Gasteiger partial charge is 0.446 e. The summed E-state index contributed by atoms with van der Waals surface area (Å²) in [5.74, 6) is 28.8. The number of ether oxygens (including phenoxy) is 5. The Kier molecular flexibility index (Phi) is 36.0. The molecule has 10 heteroatoms. The molecule has 10 nitrogen and oxygen atoms in total. The number of esters is 5. The summed E-state index contributed by atoms with van der Waals surface area (Å²) in [5, 5.41) is 0. The molecule has 0 aromatic rings. The number of hydrogen-bond acceptors (Lipinski definition) is 10. The van der Waals surface area contributed by atoms with Crippen molar-refractivity contribution >= 4 is 29.8 Å². The highest BCUT2D eigenvalue weighted by Crippen LogP contribution is 2.29. The van der Waals surface area contributed by atoms with Gasteiger partial charge in [-0.05, 0) is 205 Å². The Morgan fingerprint density at radius 3 is 0.831 bits per heavy atom. The third-order valence-electron chi connectivity index (χ3n) is 12.3. The van der Waals surface area contributed by atoms with Gasteiger partial charge in [0.15, 0.2) is 28.0 Å². The molecule has 0 rings (SSSR count). The topological polar surface area (TPSA) is 132 Å². The van der Waals surface area contributed by atoms with Crippen LogP contribution >= 0.6 is 0 Å². The van der Waals surface area contributed by atoms with Crippen molar-refractivity contribution in [2.75, 3.05) is 0 Å². The fourth-order valence-electron chi connectivity index (χ4n) is 4.35. The molecule has 1 atom stereocenters. The van der Waals surface area contributed by atoms with Crippen LogP contribution in [0.15, 0.2) is 0 Å². The average molecular weight is 1080 g/mol. The Bertz CT molecular complexity index is 2180. The first-order valence-corrected chi connectivity index (χ1v) is 27.9. The van der Waals surface area contributed by atoms with Crippen LogP contribution in [0.25, 0.3) is 0 Å². The van der Waals surface area contributed by atoms with E-state index in [0.29, 0.717) is 6.42 Å². The van der Waals surface area contributed by atoms with E-state index in [-0.39, 0.29) is 41.2 Å². The SMILES string of the molecule is CC#CC(C)(C)OC(=O)C(C)(C)CC.CC#CC(C)(CC)OC(=O)C(C)(C)CC.CCC#CC(C)(C)OC(=O)C(C)(C)CC.CCC(C)(C)C(=O)OC(C)(C)C#CC(C)(C)C.CCC(C)(C)C(=O)OC(C)(C)C#CC(C)C. The van der Waals surface area contributed by atoms with Gasteiger partial charge in [0.2, 0.25) is 0 Å². The molecular formula is C67H114O10. The summed E-state index contributed by atoms with van der Waals surface area (Å²) in [6.45, 7) is 62.7. The van der Waals surface area contributed by atoms with Crippen LogP contribution < -0.4 is 0 Å². The Balaban J connectivity index is -0.000000281. The van der Waals surface area contributed by atoms with E-state index < -0.39 is 55.1 Å². The Labute approximate surface area is 474 Å². The highest BCUT2D eigenvalue weighted by atomic mass is 16.6. The highest BCUT2D eigenvalue weighted by molar-refractivity contribution is 5.78. The van der Waals surface area contributed by atoms with Gasteiger partial charge in [0.05, 0.1) is 27.1 Å². The molecule has 0 aliphatic heterocycles. The lowest BCUT2D eigenvalue weighted by molar-refractivity contribution is -0.164. The highest BCUT2D eigenvalue weighted by Gasteiger charge is 2.36. The van der Waals surface area contributed by atoms with Crippen molar-refractivity contribution in [2.24, 2.45) is 38.4 Å². The molecule has 0 aliphatic rings. The van der Waals surface area contributed by atoms with Gasteiger partial charge in [-0.25, -0.2) is 0 Å². The summed E-state index contributed by atoms with van der Waals surface area (Å²) in [6.07, 6.45) is 5.31. The minimum Gasteiger partial charge on any atom is -0.446 e. The third kappa shape index (κ3) is 38.4. The van der Waals surface area contributed by atoms with E-state index >= 15 is 0 Å². The smallest absolute Gasteiger partial charge is 0.313 e. The van der Waals surface area contributed by atoms with E-state index in [9.17, 15) is 24.0 Å². The molecule has 0 radical (unpaired) electrons. The van der Waals surface area contributed by atoms with Gasteiger partial charge in [-0.15, -0.1) is 11.8 Å². The minimum absolute atomic E-state index is 0.0794. The second kappa shape index (κ2) is 34.2. The fraction of sp³-hybridized carbons (Fsp3) is 0.776. The van der Waals surface area contributed by atoms with Crippen LogP contribution in [0.5, 0.6) is 0 Å². The summed E-state index contributed by atoms with van der Waals surface area (Å²) in [6, 6.07) is 0. The molecule has 77 heavy (non-hydrogen) atoms. The summed E-state index contributed by atoms with van der Waals surface area (Å²) >= 11 is 0. The van der Waals surface area contributed by atoms with Gasteiger partial charge in [0.25, 0.3) is 0 Å². The molecule has 442 valence electrons. The van der Waals surface area contributed by atoms with Crippen molar-refractivity contribution in [3.05, 3.63) is 0 Å². The lowest BCUT2D eigenvalue weighted by atomic mass is 9.90. The van der Waals surface area contributed by atoms with E-state index in [1.54, 1.807) is 27.7 Å². The van der Waals surface area contributed by atoms with Gasteiger partial charge < -0.3 is 23.7 Å². The van der Waals surface area contributed by atoms with Gasteiger partial charge in [-0.1, -0.05) is 110 Å². The van der Waals surface area contributed by atoms with Gasteiger partial charge in [0.1, 0.15) is 0 Å². The number of carbonyl (C=O) groups excluding carboxylic acids is 5. The quantitative estimate of drug-likeness (QED) is 0.0836. The maximum atomic E-state index is 11.9. The van der Waals surface area contributed by atoms with E-state index in [1.807, 2.05) is 201 Å². The van der Waals surface area contributed by atoms with E-state index in [4.69, 9.17) is 23.7 Å². The van der Waals surface area contributed by atoms with Crippen molar-refractivity contribution in [1.29, 1.82) is 0 Å². The number of hydrogen-bond donors (Lipinski definition) is 0. The zero-order valence-electron chi connectivity index (χ0n) is 55.6. The van der Waals surface area contributed by atoms with Crippen molar-refractivity contribution in [2.45, 2.75) is 301 Å². The van der Waals surface area contributed by atoms with Crippen LogP contribution in [0.3, 0.4) is 0 Å². The van der Waals surface area contributed by atoms with Crippen LogP contribution in [-0.4, -0.2) is 57.9 Å². The van der Waals surface area contributed by atoms with E-state index in [2.05, 4.69) is 59.2 Å². The molecule has 1 unspecified atom stereocenters. The molecule has 0 amide bonds. The average Bonchev–Trinajstić information content (AvgIpc) is 3.29. The molecule has 0 saturated carbocycles. The van der Waals surface area contributed by atoms with Crippen molar-refractivity contribution in [3.63, 3.8) is 0 Å². The lowest BCUT2D eigenvalue weighted by Crippen LogP contribution is -2.36. The summed E-state index contributed by atoms with van der Waals surface area (Å²) in [5.41, 5.74) is -5.66. The molecule has 0 heterocycles. The van der Waals surface area contributed by atoms with Gasteiger partial charge >= 0.3 is 29.8 Å². The molecule has 0 aromatic carbocycles. The van der Waals surface area contributed by atoms with Crippen LogP contribution in [0.4, 0.5) is 0 Å². The molecule has 0 N–H and O–H groups in total. The predicted octanol–water partition coefficient (Wildman–Crippen LogP) is 16.3. The second-order valence-corrected chi connectivity index (χ2v) is 26.1. The number of carbonyl (C=O) groups is 5. The maximum Gasteiger partial charge on any atom is 0.313 e. The Hall–Kier alpha value is -4.85. The van der Waals surface area contributed by atoms with Crippen LogP contribution in [0, 0.1) is 97.6 Å². The summed E-state index contributed by atoms with van der Waals surface area (Å²) in [4.78, 5) is 59.1. The summed E-state index contributed by atoms with van der Waals surface area (Å²) < 4.78 is 27.1. The van der Waals surface area contributed by atoms with Crippen molar-refractivity contribution in [3.8, 4) is 59.2 Å². The summed E-state index contributed by atoms with van der Waals surface area (Å²) in [7, 11) is 0. The monoisotopic (exact) mass is 1080 g/mol. The van der Waals surface area contributed by atoms with Gasteiger partial charge in [-0.3, -0.25) is 24.0 Å². The van der Waals surface area contributed by atoms with Crippen LogP contribution in [0.1, 0.15) is 273 Å². The first-order valence-electron chi connectivity index (χ1n) is 27.9. The van der Waals surface area contributed by atoms with Gasteiger partial charge in [0, 0.05) is 17.8 Å². The van der Waals surface area contributed by atoms with E-state index in [1.165, 1.54) is 0 Å². The molecule has 0 spiro atoms. The zero-order valence-corrected chi connectivity index (χ0v) is 55.6. The van der Waals surface area contributed by atoms with Crippen LogP contribution in [-0.2, 0) is 47.7 Å². The predicted molar refractivity (Wildman–Crippen MR) is 321 cm³/mol. The number of rotatable bonds is 16. The molecular weight excluding hydrogens is 965 g/mol. The second-order valence-electron chi connectivity index (χ2n) is 26.1. The third-order valence-corrected chi connectivity index (χ3v) is 12.3. The van der Waals surface area contributed by atoms with Gasteiger partial charge in [-0.2, -0.15) is 0 Å². The van der Waals surface area contributed by atoms with Crippen molar-refractivity contribution < 1.29 is 47.7 Å². The Morgan fingerprint density at radius 1 is 0.338 bits per heavy atom. The fourth-order valence-corrected chi connectivity index (χ4v) is 4.35. The molecule has 0 saturated heterocycles. The van der Waals surface area contributed by atoms with Crippen LogP contribution in [0.2, 0.25) is 0 Å². The maximum absolute atomic E-state index is 11.9. The first kappa shape index (κ1) is 81.0. The lowest BCUT2D eigenvalue weighted by Gasteiger charge is -2.28. The molecule has 0 aromatic heterocycles. The van der Waals surface area contributed by atoms with Crippen molar-refractivity contribution in [1.82, 2.24) is 0 Å².